The lowest BCUT2D eigenvalue weighted by Gasteiger charge is -2.36. The molecule has 2 aromatic carbocycles. The summed E-state index contributed by atoms with van der Waals surface area (Å²) in [6, 6.07) is 14.0. The molecular formula is C23H32Cl2N2O4. The zero-order valence-corrected chi connectivity index (χ0v) is 20.0. The minimum atomic E-state index is 0. The van der Waals surface area contributed by atoms with Crippen LogP contribution in [0.2, 0.25) is 0 Å². The number of hydrogen-bond acceptors (Lipinski definition) is 6. The predicted octanol–water partition coefficient (Wildman–Crippen LogP) is 4.34. The van der Waals surface area contributed by atoms with Crippen LogP contribution in [0.5, 0.6) is 17.2 Å². The van der Waals surface area contributed by atoms with E-state index < -0.39 is 0 Å². The molecular weight excluding hydrogens is 439 g/mol. The molecule has 0 unspecified atom stereocenters. The van der Waals surface area contributed by atoms with Crippen LogP contribution in [0, 0.1) is 0 Å². The van der Waals surface area contributed by atoms with Gasteiger partial charge in [-0.15, -0.1) is 24.8 Å². The van der Waals surface area contributed by atoms with Crippen molar-refractivity contribution in [3.8, 4) is 17.2 Å². The molecule has 1 aliphatic heterocycles. The van der Waals surface area contributed by atoms with E-state index in [1.54, 1.807) is 33.5 Å². The number of ketones is 1. The zero-order chi connectivity index (χ0) is 20.6. The van der Waals surface area contributed by atoms with Crippen molar-refractivity contribution in [2.75, 3.05) is 59.0 Å². The summed E-state index contributed by atoms with van der Waals surface area (Å²) in [6.07, 6.45) is 1.33. The highest BCUT2D eigenvalue weighted by molar-refractivity contribution is 5.97. The molecule has 0 spiro atoms. The van der Waals surface area contributed by atoms with Crippen LogP contribution in [0.4, 0.5) is 5.69 Å². The molecule has 0 saturated carbocycles. The first-order chi connectivity index (χ1) is 14.2. The molecule has 172 valence electrons. The van der Waals surface area contributed by atoms with Gasteiger partial charge in [0.25, 0.3) is 0 Å². The number of halogens is 2. The first kappa shape index (κ1) is 26.9. The van der Waals surface area contributed by atoms with Gasteiger partial charge >= 0.3 is 0 Å². The molecule has 0 amide bonds. The van der Waals surface area contributed by atoms with E-state index in [9.17, 15) is 4.79 Å². The third-order valence-electron chi connectivity index (χ3n) is 5.36. The lowest BCUT2D eigenvalue weighted by molar-refractivity contribution is 0.0973. The summed E-state index contributed by atoms with van der Waals surface area (Å²) in [5, 5.41) is 0. The van der Waals surface area contributed by atoms with Gasteiger partial charge in [0, 0.05) is 43.9 Å². The van der Waals surface area contributed by atoms with Crippen LogP contribution in [0.1, 0.15) is 23.2 Å². The van der Waals surface area contributed by atoms with Gasteiger partial charge in [0.15, 0.2) is 17.3 Å². The van der Waals surface area contributed by atoms with Crippen LogP contribution in [0.15, 0.2) is 42.5 Å². The maximum Gasteiger partial charge on any atom is 0.203 e. The van der Waals surface area contributed by atoms with Crippen LogP contribution in [0.3, 0.4) is 0 Å². The lowest BCUT2D eigenvalue weighted by atomic mass is 10.0. The molecule has 1 saturated heterocycles. The number of anilines is 1. The third-order valence-corrected chi connectivity index (χ3v) is 5.36. The van der Waals surface area contributed by atoms with Crippen molar-refractivity contribution in [3.63, 3.8) is 0 Å². The zero-order valence-electron chi connectivity index (χ0n) is 18.3. The second-order valence-electron chi connectivity index (χ2n) is 7.10. The van der Waals surface area contributed by atoms with Gasteiger partial charge in [-0.1, -0.05) is 18.2 Å². The molecule has 6 nitrogen and oxygen atoms in total. The van der Waals surface area contributed by atoms with Crippen molar-refractivity contribution in [1.29, 1.82) is 0 Å². The normalized spacial score (nSPS) is 13.6. The summed E-state index contributed by atoms with van der Waals surface area (Å²) < 4.78 is 16.0. The van der Waals surface area contributed by atoms with Gasteiger partial charge in [-0.3, -0.25) is 9.69 Å². The second kappa shape index (κ2) is 13.3. The Labute approximate surface area is 197 Å². The minimum absolute atomic E-state index is 0. The number of para-hydroxylation sites is 1. The van der Waals surface area contributed by atoms with Crippen molar-refractivity contribution in [1.82, 2.24) is 4.90 Å². The first-order valence-electron chi connectivity index (χ1n) is 10.0. The summed E-state index contributed by atoms with van der Waals surface area (Å²) in [5.41, 5.74) is 1.87. The highest BCUT2D eigenvalue weighted by Gasteiger charge is 2.19. The van der Waals surface area contributed by atoms with Crippen molar-refractivity contribution in [3.05, 3.63) is 48.0 Å². The number of Topliss-reactive ketones (excluding diaryl/α,β-unsaturated/α-hetero) is 1. The van der Waals surface area contributed by atoms with Gasteiger partial charge in [-0.05, 0) is 37.2 Å². The summed E-state index contributed by atoms with van der Waals surface area (Å²) in [7, 11) is 4.67. The van der Waals surface area contributed by atoms with E-state index in [4.69, 9.17) is 14.2 Å². The maximum absolute atomic E-state index is 12.7. The number of carbonyl (C=O) groups is 1. The Morgan fingerprint density at radius 3 is 1.97 bits per heavy atom. The monoisotopic (exact) mass is 470 g/mol. The standard InChI is InChI=1S/C23H30N2O4.2ClH/c1-27-21-16-18(17-22(28-2)23(21)29-3)20(26)10-7-11-24-12-14-25(15-13-24)19-8-5-4-6-9-19;;/h4-6,8-9,16-17H,7,10-15H2,1-3H3;2*1H. The average molecular weight is 471 g/mol. The molecule has 0 radical (unpaired) electrons. The predicted molar refractivity (Wildman–Crippen MR) is 129 cm³/mol. The number of hydrogen-bond donors (Lipinski definition) is 0. The van der Waals surface area contributed by atoms with Gasteiger partial charge in [-0.25, -0.2) is 0 Å². The van der Waals surface area contributed by atoms with Crippen molar-refractivity contribution >= 4 is 36.3 Å². The van der Waals surface area contributed by atoms with Crippen molar-refractivity contribution in [2.24, 2.45) is 0 Å². The Bertz CT molecular complexity index is 787. The minimum Gasteiger partial charge on any atom is -0.493 e. The summed E-state index contributed by atoms with van der Waals surface area (Å²) in [5.74, 6) is 1.61. The Morgan fingerprint density at radius 1 is 0.871 bits per heavy atom. The Balaban J connectivity index is 0.00000240. The van der Waals surface area contributed by atoms with Crippen LogP contribution in [0.25, 0.3) is 0 Å². The molecule has 2 aromatic rings. The molecule has 1 fully saturated rings. The number of rotatable bonds is 9. The molecule has 0 aliphatic carbocycles. The fraction of sp³-hybridized carbons (Fsp3) is 0.435. The SMILES string of the molecule is COc1cc(C(=O)CCCN2CCN(c3ccccc3)CC2)cc(OC)c1OC.Cl.Cl. The van der Waals surface area contributed by atoms with E-state index in [0.717, 1.165) is 39.1 Å². The Hall–Kier alpha value is -2.15. The first-order valence-corrected chi connectivity index (χ1v) is 10.0. The maximum atomic E-state index is 12.7. The quantitative estimate of drug-likeness (QED) is 0.508. The fourth-order valence-electron chi connectivity index (χ4n) is 3.72. The summed E-state index contributed by atoms with van der Waals surface area (Å²) in [4.78, 5) is 17.5. The molecule has 8 heteroatoms. The van der Waals surface area contributed by atoms with Gasteiger partial charge in [-0.2, -0.15) is 0 Å². The van der Waals surface area contributed by atoms with Gasteiger partial charge in [0.1, 0.15) is 0 Å². The van der Waals surface area contributed by atoms with Crippen LogP contribution in [-0.4, -0.2) is 64.7 Å². The molecule has 31 heavy (non-hydrogen) atoms. The smallest absolute Gasteiger partial charge is 0.203 e. The number of benzene rings is 2. The lowest BCUT2D eigenvalue weighted by Crippen LogP contribution is -2.46. The van der Waals surface area contributed by atoms with E-state index in [1.807, 2.05) is 6.07 Å². The summed E-state index contributed by atoms with van der Waals surface area (Å²) in [6.45, 7) is 5.01. The van der Waals surface area contributed by atoms with E-state index >= 15 is 0 Å². The molecule has 0 bridgehead atoms. The number of ether oxygens (including phenoxy) is 3. The molecule has 0 atom stereocenters. The topological polar surface area (TPSA) is 51.2 Å². The number of nitrogens with zero attached hydrogens (tertiary/aromatic N) is 2. The molecule has 0 aromatic heterocycles. The van der Waals surface area contributed by atoms with Crippen LogP contribution < -0.4 is 19.1 Å². The highest BCUT2D eigenvalue weighted by atomic mass is 35.5. The van der Waals surface area contributed by atoms with Crippen molar-refractivity contribution in [2.45, 2.75) is 12.8 Å². The Morgan fingerprint density at radius 2 is 1.45 bits per heavy atom. The average Bonchev–Trinajstić information content (AvgIpc) is 2.78. The third kappa shape index (κ3) is 6.92. The van der Waals surface area contributed by atoms with Gasteiger partial charge < -0.3 is 19.1 Å². The van der Waals surface area contributed by atoms with E-state index in [1.165, 1.54) is 5.69 Å². The van der Waals surface area contributed by atoms with Gasteiger partial charge in [0.05, 0.1) is 21.3 Å². The van der Waals surface area contributed by atoms with E-state index in [0.29, 0.717) is 29.2 Å². The number of piperazine rings is 1. The second-order valence-corrected chi connectivity index (χ2v) is 7.10. The van der Waals surface area contributed by atoms with E-state index in [2.05, 4.69) is 34.1 Å². The van der Waals surface area contributed by atoms with Crippen LogP contribution in [-0.2, 0) is 0 Å². The fourth-order valence-corrected chi connectivity index (χ4v) is 3.72. The van der Waals surface area contributed by atoms with E-state index in [-0.39, 0.29) is 30.6 Å². The van der Waals surface area contributed by atoms with Gasteiger partial charge in [0.2, 0.25) is 5.75 Å². The van der Waals surface area contributed by atoms with Crippen LogP contribution >= 0.6 is 24.8 Å². The number of methoxy groups -OCH3 is 3. The van der Waals surface area contributed by atoms with Crippen molar-refractivity contribution < 1.29 is 19.0 Å². The molecule has 0 N–H and O–H groups in total. The number of carbonyl (C=O) groups excluding carboxylic acids is 1. The molecule has 1 aliphatic rings. The summed E-state index contributed by atoms with van der Waals surface area (Å²) >= 11 is 0. The highest BCUT2D eigenvalue weighted by Crippen LogP contribution is 2.38. The molecule has 1 heterocycles. The largest absolute Gasteiger partial charge is 0.493 e. The Kier molecular flexibility index (Phi) is 11.5. The molecule has 3 rings (SSSR count).